The Balaban J connectivity index is 0.00000225. The Morgan fingerprint density at radius 1 is 1.50 bits per heavy atom. The first-order valence-electron chi connectivity index (χ1n) is 5.09. The Bertz CT molecular complexity index is 363. The highest BCUT2D eigenvalue weighted by Gasteiger charge is 2.08. The normalized spacial score (nSPS) is 11.5. The average Bonchev–Trinajstić information content (AvgIpc) is 2.17. The summed E-state index contributed by atoms with van der Waals surface area (Å²) in [5, 5.41) is 0. The van der Waals surface area contributed by atoms with Crippen LogP contribution in [0.2, 0.25) is 0 Å². The largest absolute Gasteiger partial charge is 0.496 e. The number of hydrogen-bond acceptors (Lipinski definition) is 2. The molecule has 0 aliphatic rings. The number of aryl methyl sites for hydroxylation is 1. The molecule has 0 aliphatic heterocycles. The van der Waals surface area contributed by atoms with Crippen molar-refractivity contribution in [1.82, 2.24) is 0 Å². The quantitative estimate of drug-likeness (QED) is 0.821. The number of benzene rings is 1. The Morgan fingerprint density at radius 3 is 2.62 bits per heavy atom. The van der Waals surface area contributed by atoms with Gasteiger partial charge in [-0.2, -0.15) is 0 Å². The van der Waals surface area contributed by atoms with Crippen LogP contribution in [0, 0.1) is 6.92 Å². The van der Waals surface area contributed by atoms with Crippen LogP contribution in [0.3, 0.4) is 0 Å². The third-order valence-electron chi connectivity index (χ3n) is 2.43. The van der Waals surface area contributed by atoms with Crippen LogP contribution in [0.15, 0.2) is 30.4 Å². The number of methoxy groups -OCH3 is 1. The number of halogens is 1. The highest BCUT2D eigenvalue weighted by molar-refractivity contribution is 5.85. The predicted molar refractivity (Wildman–Crippen MR) is 71.3 cm³/mol. The second-order valence-electron chi connectivity index (χ2n) is 4.00. The van der Waals surface area contributed by atoms with Crippen LogP contribution in [0.1, 0.15) is 30.5 Å². The molecule has 0 aliphatic carbocycles. The van der Waals surface area contributed by atoms with Gasteiger partial charge in [0.15, 0.2) is 0 Å². The van der Waals surface area contributed by atoms with Crippen molar-refractivity contribution in [2.45, 2.75) is 26.3 Å². The molecule has 0 unspecified atom stereocenters. The van der Waals surface area contributed by atoms with Gasteiger partial charge in [0.05, 0.1) is 7.11 Å². The van der Waals surface area contributed by atoms with E-state index in [1.54, 1.807) is 7.11 Å². The summed E-state index contributed by atoms with van der Waals surface area (Å²) in [5.41, 5.74) is 9.38. The van der Waals surface area contributed by atoms with E-state index in [0.717, 1.165) is 28.9 Å². The zero-order valence-corrected chi connectivity index (χ0v) is 10.9. The summed E-state index contributed by atoms with van der Waals surface area (Å²) in [6.45, 7) is 7.88. The van der Waals surface area contributed by atoms with Crippen LogP contribution in [0.4, 0.5) is 0 Å². The van der Waals surface area contributed by atoms with Crippen LogP contribution in [-0.4, -0.2) is 7.11 Å². The van der Waals surface area contributed by atoms with Gasteiger partial charge < -0.3 is 10.5 Å². The molecule has 1 rings (SSSR count). The molecule has 3 heteroatoms. The van der Waals surface area contributed by atoms with Crippen molar-refractivity contribution in [2.24, 2.45) is 5.73 Å². The van der Waals surface area contributed by atoms with E-state index in [4.69, 9.17) is 10.5 Å². The van der Waals surface area contributed by atoms with Gasteiger partial charge in [-0.3, -0.25) is 0 Å². The van der Waals surface area contributed by atoms with E-state index < -0.39 is 0 Å². The van der Waals surface area contributed by atoms with Gasteiger partial charge in [-0.15, -0.1) is 19.0 Å². The fourth-order valence-corrected chi connectivity index (χ4v) is 1.56. The van der Waals surface area contributed by atoms with Gasteiger partial charge in [0.2, 0.25) is 0 Å². The molecule has 0 aromatic heterocycles. The molecule has 1 atom stereocenters. The van der Waals surface area contributed by atoms with Crippen molar-refractivity contribution in [3.05, 3.63) is 41.5 Å². The van der Waals surface area contributed by atoms with E-state index in [2.05, 4.69) is 6.58 Å². The van der Waals surface area contributed by atoms with Gasteiger partial charge in [-0.05, 0) is 37.5 Å². The number of ether oxygens (including phenoxy) is 1. The minimum Gasteiger partial charge on any atom is -0.496 e. The highest BCUT2D eigenvalue weighted by Crippen LogP contribution is 2.24. The Hall–Kier alpha value is -0.990. The van der Waals surface area contributed by atoms with E-state index in [1.807, 2.05) is 32.0 Å². The molecule has 0 saturated carbocycles. The molecule has 2 nitrogen and oxygen atoms in total. The number of hydrogen-bond donors (Lipinski definition) is 1. The standard InChI is InChI=1S/C13H19NO.ClH/c1-9(2)7-12(14)11-6-5-10(3)13(8-11)15-4;/h5-6,8,12H,1,7,14H2,2-4H3;1H/t12-;/m0./s1. The van der Waals surface area contributed by atoms with E-state index >= 15 is 0 Å². The zero-order valence-electron chi connectivity index (χ0n) is 10.1. The topological polar surface area (TPSA) is 35.2 Å². The first-order chi connectivity index (χ1) is 7.04. The Morgan fingerprint density at radius 2 is 2.12 bits per heavy atom. The van der Waals surface area contributed by atoms with Crippen LogP contribution >= 0.6 is 12.4 Å². The summed E-state index contributed by atoms with van der Waals surface area (Å²) in [4.78, 5) is 0. The fraction of sp³-hybridized carbons (Fsp3) is 0.385. The molecular weight excluding hydrogens is 222 g/mol. The predicted octanol–water partition coefficient (Wildman–Crippen LogP) is 3.39. The maximum absolute atomic E-state index is 6.05. The van der Waals surface area contributed by atoms with Gasteiger partial charge in [-0.25, -0.2) is 0 Å². The van der Waals surface area contributed by atoms with Gasteiger partial charge in [0.1, 0.15) is 5.75 Å². The molecule has 0 saturated heterocycles. The monoisotopic (exact) mass is 241 g/mol. The summed E-state index contributed by atoms with van der Waals surface area (Å²) >= 11 is 0. The van der Waals surface area contributed by atoms with Crippen molar-refractivity contribution in [3.8, 4) is 5.75 Å². The molecule has 0 bridgehead atoms. The summed E-state index contributed by atoms with van der Waals surface area (Å²) in [6.07, 6.45) is 0.812. The lowest BCUT2D eigenvalue weighted by Gasteiger charge is -2.14. The molecular formula is C13H20ClNO. The highest BCUT2D eigenvalue weighted by atomic mass is 35.5. The first-order valence-corrected chi connectivity index (χ1v) is 5.09. The third kappa shape index (κ3) is 3.87. The van der Waals surface area contributed by atoms with Gasteiger partial charge >= 0.3 is 0 Å². The lowest BCUT2D eigenvalue weighted by atomic mass is 10.00. The molecule has 16 heavy (non-hydrogen) atoms. The van der Waals surface area contributed by atoms with Crippen LogP contribution in [0.5, 0.6) is 5.75 Å². The molecule has 90 valence electrons. The summed E-state index contributed by atoms with van der Waals surface area (Å²) in [7, 11) is 1.68. The van der Waals surface area contributed by atoms with Crippen molar-refractivity contribution in [2.75, 3.05) is 7.11 Å². The zero-order chi connectivity index (χ0) is 11.4. The molecule has 1 aromatic rings. The lowest BCUT2D eigenvalue weighted by Crippen LogP contribution is -2.10. The molecule has 0 radical (unpaired) electrons. The lowest BCUT2D eigenvalue weighted by molar-refractivity contribution is 0.410. The van der Waals surface area contributed by atoms with Crippen molar-refractivity contribution >= 4 is 12.4 Å². The summed E-state index contributed by atoms with van der Waals surface area (Å²) in [5.74, 6) is 0.893. The van der Waals surface area contributed by atoms with Crippen molar-refractivity contribution < 1.29 is 4.74 Å². The number of rotatable bonds is 4. The van der Waals surface area contributed by atoms with Crippen molar-refractivity contribution in [3.63, 3.8) is 0 Å². The minimum absolute atomic E-state index is 0. The van der Waals surface area contributed by atoms with E-state index in [1.165, 1.54) is 0 Å². The second kappa shape index (κ2) is 6.56. The average molecular weight is 242 g/mol. The van der Waals surface area contributed by atoms with Gasteiger partial charge in [0.25, 0.3) is 0 Å². The maximum atomic E-state index is 6.05. The molecule has 1 aromatic carbocycles. The van der Waals surface area contributed by atoms with Crippen LogP contribution in [0.25, 0.3) is 0 Å². The van der Waals surface area contributed by atoms with Crippen LogP contribution < -0.4 is 10.5 Å². The first kappa shape index (κ1) is 15.0. The minimum atomic E-state index is 0. The third-order valence-corrected chi connectivity index (χ3v) is 2.43. The van der Waals surface area contributed by atoms with E-state index in [0.29, 0.717) is 0 Å². The molecule has 2 N–H and O–H groups in total. The Labute approximate surface area is 104 Å². The smallest absolute Gasteiger partial charge is 0.122 e. The fourth-order valence-electron chi connectivity index (χ4n) is 1.56. The second-order valence-corrected chi connectivity index (χ2v) is 4.00. The molecule has 0 heterocycles. The van der Waals surface area contributed by atoms with E-state index in [-0.39, 0.29) is 18.4 Å². The summed E-state index contributed by atoms with van der Waals surface area (Å²) in [6, 6.07) is 6.10. The Kier molecular flexibility index (Phi) is 6.16. The van der Waals surface area contributed by atoms with Gasteiger partial charge in [-0.1, -0.05) is 17.7 Å². The SMILES string of the molecule is C=C(C)C[C@H](N)c1ccc(C)c(OC)c1.Cl. The number of nitrogens with two attached hydrogens (primary N) is 1. The van der Waals surface area contributed by atoms with Gasteiger partial charge in [0, 0.05) is 6.04 Å². The van der Waals surface area contributed by atoms with Crippen LogP contribution in [-0.2, 0) is 0 Å². The van der Waals surface area contributed by atoms with E-state index in [9.17, 15) is 0 Å². The summed E-state index contributed by atoms with van der Waals surface area (Å²) < 4.78 is 5.26. The van der Waals surface area contributed by atoms with Crippen molar-refractivity contribution in [1.29, 1.82) is 0 Å². The molecule has 0 spiro atoms. The molecule has 0 fully saturated rings. The maximum Gasteiger partial charge on any atom is 0.122 e. The molecule has 0 amide bonds.